The topological polar surface area (TPSA) is 51.1 Å². The average molecular weight is 444 g/mol. The lowest BCUT2D eigenvalue weighted by Crippen LogP contribution is -3.13. The van der Waals surface area contributed by atoms with Crippen LogP contribution < -0.4 is 9.64 Å². The summed E-state index contributed by atoms with van der Waals surface area (Å²) >= 11 is 3.48. The Morgan fingerprint density at radius 3 is 2.42 bits per heavy atom. The minimum absolute atomic E-state index is 0.135. The first-order chi connectivity index (χ1) is 12.4. The Labute approximate surface area is 161 Å². The molecule has 1 N–H and O–H groups in total. The van der Waals surface area contributed by atoms with Gasteiger partial charge in [-0.25, -0.2) is 12.8 Å². The quantitative estimate of drug-likeness (QED) is 0.764. The zero-order valence-electron chi connectivity index (χ0n) is 14.4. The Kier molecular flexibility index (Phi) is 5.96. The van der Waals surface area contributed by atoms with E-state index in [9.17, 15) is 12.8 Å². The number of nitrogens with one attached hydrogen (secondary N) is 1. The largest absolute Gasteiger partial charge is 0.496 e. The van der Waals surface area contributed by atoms with Crippen molar-refractivity contribution < 1.29 is 22.4 Å². The lowest BCUT2D eigenvalue weighted by atomic mass is 10.2. The molecule has 2 aromatic rings. The molecule has 0 spiro atoms. The van der Waals surface area contributed by atoms with Crippen molar-refractivity contribution in [2.24, 2.45) is 0 Å². The molecule has 2 aromatic carbocycles. The van der Waals surface area contributed by atoms with Gasteiger partial charge in [-0.3, -0.25) is 0 Å². The third-order valence-corrected chi connectivity index (χ3v) is 6.97. The number of hydrogen-bond donors (Lipinski definition) is 1. The maximum atomic E-state index is 13.0. The van der Waals surface area contributed by atoms with Crippen molar-refractivity contribution in [3.05, 3.63) is 58.3 Å². The predicted molar refractivity (Wildman–Crippen MR) is 100 cm³/mol. The summed E-state index contributed by atoms with van der Waals surface area (Å²) in [4.78, 5) is 1.43. The molecular weight excluding hydrogens is 423 g/mol. The summed E-state index contributed by atoms with van der Waals surface area (Å²) < 4.78 is 46.3. The Bertz CT molecular complexity index is 867. The van der Waals surface area contributed by atoms with Crippen LogP contribution >= 0.6 is 15.9 Å². The Hall–Kier alpha value is -1.48. The van der Waals surface area contributed by atoms with Crippen molar-refractivity contribution in [3.63, 3.8) is 0 Å². The molecule has 1 fully saturated rings. The fourth-order valence-corrected chi connectivity index (χ4v) is 4.98. The van der Waals surface area contributed by atoms with Crippen LogP contribution in [0.2, 0.25) is 0 Å². The molecule has 0 aromatic heterocycles. The Morgan fingerprint density at radius 2 is 1.81 bits per heavy atom. The monoisotopic (exact) mass is 443 g/mol. The zero-order chi connectivity index (χ0) is 18.7. The second-order valence-electron chi connectivity index (χ2n) is 6.24. The Balaban J connectivity index is 1.66. The lowest BCUT2D eigenvalue weighted by Gasteiger charge is -2.31. The fourth-order valence-electron chi connectivity index (χ4n) is 3.13. The van der Waals surface area contributed by atoms with E-state index in [1.807, 2.05) is 18.2 Å². The SMILES string of the molecule is COc1ccc(Br)cc1C[NH+]1CCN(S(=O)(=O)c2ccc(F)cc2)CC1. The summed E-state index contributed by atoms with van der Waals surface area (Å²) in [6.07, 6.45) is 0. The molecule has 8 heteroatoms. The third-order valence-electron chi connectivity index (χ3n) is 4.56. The first kappa shape index (κ1) is 19.3. The van der Waals surface area contributed by atoms with Gasteiger partial charge in [-0.15, -0.1) is 0 Å². The molecule has 1 heterocycles. The highest BCUT2D eigenvalue weighted by Gasteiger charge is 2.30. The molecule has 5 nitrogen and oxygen atoms in total. The lowest BCUT2D eigenvalue weighted by molar-refractivity contribution is -0.917. The van der Waals surface area contributed by atoms with Crippen molar-refractivity contribution in [3.8, 4) is 5.75 Å². The second-order valence-corrected chi connectivity index (χ2v) is 9.09. The Morgan fingerprint density at radius 1 is 1.15 bits per heavy atom. The number of ether oxygens (including phenoxy) is 1. The summed E-state index contributed by atoms with van der Waals surface area (Å²) in [5, 5.41) is 0. The van der Waals surface area contributed by atoms with Crippen LogP contribution in [0.25, 0.3) is 0 Å². The van der Waals surface area contributed by atoms with E-state index in [1.54, 1.807) is 7.11 Å². The minimum Gasteiger partial charge on any atom is -0.496 e. The van der Waals surface area contributed by atoms with Gasteiger partial charge < -0.3 is 9.64 Å². The summed E-state index contributed by atoms with van der Waals surface area (Å²) in [5.41, 5.74) is 1.09. The number of halogens is 2. The van der Waals surface area contributed by atoms with Crippen molar-refractivity contribution in [2.45, 2.75) is 11.4 Å². The number of sulfonamides is 1. The summed E-state index contributed by atoms with van der Waals surface area (Å²) in [5.74, 6) is 0.392. The maximum absolute atomic E-state index is 13.0. The van der Waals surface area contributed by atoms with E-state index in [0.29, 0.717) is 26.2 Å². The molecule has 0 amide bonds. The standard InChI is InChI=1S/C18H20BrFN2O3S/c1-25-18-7-2-15(19)12-14(18)13-21-8-10-22(11-9-21)26(23,24)17-5-3-16(20)4-6-17/h2-7,12H,8-11,13H2,1H3/p+1. The van der Waals surface area contributed by atoms with Crippen LogP contribution in [0.5, 0.6) is 5.75 Å². The van der Waals surface area contributed by atoms with E-state index in [2.05, 4.69) is 15.9 Å². The molecule has 3 rings (SSSR count). The molecule has 140 valence electrons. The van der Waals surface area contributed by atoms with Gasteiger partial charge in [-0.05, 0) is 42.5 Å². The summed E-state index contributed by atoms with van der Waals surface area (Å²) in [6, 6.07) is 10.9. The summed E-state index contributed by atoms with van der Waals surface area (Å²) in [7, 11) is -1.93. The second kappa shape index (κ2) is 8.04. The van der Waals surface area contributed by atoms with E-state index in [1.165, 1.54) is 33.5 Å². The summed E-state index contributed by atoms with van der Waals surface area (Å²) in [6.45, 7) is 3.05. The van der Waals surface area contributed by atoms with Gasteiger partial charge in [0, 0.05) is 10.0 Å². The van der Waals surface area contributed by atoms with Crippen LogP contribution in [0.3, 0.4) is 0 Å². The van der Waals surface area contributed by atoms with Gasteiger partial charge in [0.05, 0.1) is 38.2 Å². The highest BCUT2D eigenvalue weighted by atomic mass is 79.9. The van der Waals surface area contributed by atoms with Crippen LogP contribution in [-0.4, -0.2) is 46.0 Å². The van der Waals surface area contributed by atoms with Gasteiger partial charge >= 0.3 is 0 Å². The zero-order valence-corrected chi connectivity index (χ0v) is 16.8. The van der Waals surface area contributed by atoms with Crippen molar-refractivity contribution >= 4 is 26.0 Å². The predicted octanol–water partition coefficient (Wildman–Crippen LogP) is 1.69. The molecule has 1 aliphatic rings. The van der Waals surface area contributed by atoms with Gasteiger partial charge in [-0.1, -0.05) is 15.9 Å². The minimum atomic E-state index is -3.57. The molecule has 0 bridgehead atoms. The van der Waals surface area contributed by atoms with Crippen LogP contribution in [0.15, 0.2) is 51.8 Å². The van der Waals surface area contributed by atoms with Gasteiger partial charge in [0.1, 0.15) is 18.1 Å². The molecule has 1 aliphatic heterocycles. The van der Waals surface area contributed by atoms with Crippen LogP contribution in [-0.2, 0) is 16.6 Å². The van der Waals surface area contributed by atoms with E-state index in [-0.39, 0.29) is 4.90 Å². The first-order valence-electron chi connectivity index (χ1n) is 8.32. The number of hydrogen-bond acceptors (Lipinski definition) is 3. The maximum Gasteiger partial charge on any atom is 0.243 e. The number of methoxy groups -OCH3 is 1. The average Bonchev–Trinajstić information content (AvgIpc) is 2.63. The van der Waals surface area contributed by atoms with Gasteiger partial charge in [-0.2, -0.15) is 4.31 Å². The van der Waals surface area contributed by atoms with Crippen molar-refractivity contribution in [1.29, 1.82) is 0 Å². The van der Waals surface area contributed by atoms with Crippen LogP contribution in [0.1, 0.15) is 5.56 Å². The number of benzene rings is 2. The molecular formula is C18H21BrFN2O3S+. The van der Waals surface area contributed by atoms with Gasteiger partial charge in [0.25, 0.3) is 0 Å². The van der Waals surface area contributed by atoms with E-state index in [4.69, 9.17) is 4.74 Å². The van der Waals surface area contributed by atoms with Gasteiger partial charge in [0.15, 0.2) is 0 Å². The molecule has 1 saturated heterocycles. The van der Waals surface area contributed by atoms with E-state index < -0.39 is 15.8 Å². The normalized spacial score (nSPS) is 16.6. The third kappa shape index (κ3) is 4.25. The van der Waals surface area contributed by atoms with E-state index >= 15 is 0 Å². The van der Waals surface area contributed by atoms with E-state index in [0.717, 1.165) is 22.3 Å². The van der Waals surface area contributed by atoms with Crippen LogP contribution in [0.4, 0.5) is 4.39 Å². The van der Waals surface area contributed by atoms with Crippen LogP contribution in [0, 0.1) is 5.82 Å². The molecule has 0 unspecified atom stereocenters. The number of nitrogens with zero attached hydrogens (tertiary/aromatic N) is 1. The smallest absolute Gasteiger partial charge is 0.243 e. The fraction of sp³-hybridized carbons (Fsp3) is 0.333. The highest BCUT2D eigenvalue weighted by Crippen LogP contribution is 2.22. The molecule has 0 radical (unpaired) electrons. The first-order valence-corrected chi connectivity index (χ1v) is 10.5. The van der Waals surface area contributed by atoms with Gasteiger partial charge in [0.2, 0.25) is 10.0 Å². The molecule has 0 saturated carbocycles. The number of quaternary nitrogens is 1. The highest BCUT2D eigenvalue weighted by molar-refractivity contribution is 9.10. The van der Waals surface area contributed by atoms with Crippen molar-refractivity contribution in [2.75, 3.05) is 33.3 Å². The number of rotatable bonds is 5. The number of piperazine rings is 1. The molecule has 0 atom stereocenters. The molecule has 26 heavy (non-hydrogen) atoms. The van der Waals surface area contributed by atoms with Crippen molar-refractivity contribution in [1.82, 2.24) is 4.31 Å². The molecule has 0 aliphatic carbocycles.